The summed E-state index contributed by atoms with van der Waals surface area (Å²) in [5.74, 6) is 0.444. The van der Waals surface area contributed by atoms with E-state index in [1.807, 2.05) is 13.8 Å². The Bertz CT molecular complexity index is 338. The van der Waals surface area contributed by atoms with Crippen LogP contribution in [-0.4, -0.2) is 29.3 Å². The SMILES string of the molecule is CC1(C)CC(=O)N(CCC2CCCC2N)C1=O. The summed E-state index contributed by atoms with van der Waals surface area (Å²) >= 11 is 0. The number of rotatable bonds is 3. The molecule has 0 spiro atoms. The van der Waals surface area contributed by atoms with Gasteiger partial charge in [0.25, 0.3) is 0 Å². The lowest BCUT2D eigenvalue weighted by Gasteiger charge is -2.21. The molecule has 0 aromatic rings. The van der Waals surface area contributed by atoms with E-state index < -0.39 is 5.41 Å². The second-order valence-electron chi connectivity index (χ2n) is 6.05. The molecule has 4 nitrogen and oxygen atoms in total. The van der Waals surface area contributed by atoms with Crippen LogP contribution in [0, 0.1) is 11.3 Å². The number of nitrogens with two attached hydrogens (primary N) is 1. The summed E-state index contributed by atoms with van der Waals surface area (Å²) in [4.78, 5) is 25.2. The first-order valence-corrected chi connectivity index (χ1v) is 6.52. The van der Waals surface area contributed by atoms with Crippen molar-refractivity contribution >= 4 is 11.8 Å². The largest absolute Gasteiger partial charge is 0.327 e. The van der Waals surface area contributed by atoms with Crippen molar-refractivity contribution in [3.05, 3.63) is 0 Å². The highest BCUT2D eigenvalue weighted by Gasteiger charge is 2.44. The van der Waals surface area contributed by atoms with E-state index in [2.05, 4.69) is 0 Å². The summed E-state index contributed by atoms with van der Waals surface area (Å²) in [7, 11) is 0. The maximum absolute atomic E-state index is 12.0. The Morgan fingerprint density at radius 3 is 2.53 bits per heavy atom. The Balaban J connectivity index is 1.91. The van der Waals surface area contributed by atoms with Crippen molar-refractivity contribution in [2.45, 2.75) is 52.0 Å². The predicted molar refractivity (Wildman–Crippen MR) is 65.1 cm³/mol. The highest BCUT2D eigenvalue weighted by Crippen LogP contribution is 2.33. The van der Waals surface area contributed by atoms with Crippen molar-refractivity contribution in [3.63, 3.8) is 0 Å². The molecule has 1 heterocycles. The van der Waals surface area contributed by atoms with Crippen LogP contribution in [0.4, 0.5) is 0 Å². The molecule has 2 rings (SSSR count). The van der Waals surface area contributed by atoms with Crippen LogP contribution in [0.5, 0.6) is 0 Å². The third-order valence-electron chi connectivity index (χ3n) is 4.16. The highest BCUT2D eigenvalue weighted by atomic mass is 16.2. The number of likely N-dealkylation sites (tertiary alicyclic amines) is 1. The molecule has 1 aliphatic heterocycles. The van der Waals surface area contributed by atoms with Crippen LogP contribution < -0.4 is 5.73 Å². The zero-order valence-electron chi connectivity index (χ0n) is 10.7. The lowest BCUT2D eigenvalue weighted by molar-refractivity contribution is -0.141. The minimum Gasteiger partial charge on any atom is -0.327 e. The van der Waals surface area contributed by atoms with Crippen molar-refractivity contribution in [3.8, 4) is 0 Å². The second-order valence-corrected chi connectivity index (χ2v) is 6.05. The number of nitrogens with zero attached hydrogens (tertiary/aromatic N) is 1. The first-order valence-electron chi connectivity index (χ1n) is 6.52. The maximum atomic E-state index is 12.0. The van der Waals surface area contributed by atoms with E-state index in [0.717, 1.165) is 19.3 Å². The van der Waals surface area contributed by atoms with Gasteiger partial charge in [0.05, 0.1) is 5.41 Å². The van der Waals surface area contributed by atoms with Gasteiger partial charge in [0.2, 0.25) is 11.8 Å². The van der Waals surface area contributed by atoms with Gasteiger partial charge in [-0.15, -0.1) is 0 Å². The summed E-state index contributed by atoms with van der Waals surface area (Å²) < 4.78 is 0. The Kier molecular flexibility index (Phi) is 3.25. The molecule has 0 radical (unpaired) electrons. The monoisotopic (exact) mass is 238 g/mol. The second kappa shape index (κ2) is 4.41. The third-order valence-corrected chi connectivity index (χ3v) is 4.16. The summed E-state index contributed by atoms with van der Waals surface area (Å²) in [5, 5.41) is 0. The number of carbonyl (C=O) groups excluding carboxylic acids is 2. The summed E-state index contributed by atoms with van der Waals surface area (Å²) in [6.07, 6.45) is 4.62. The fourth-order valence-corrected chi connectivity index (χ4v) is 2.97. The number of amides is 2. The zero-order chi connectivity index (χ0) is 12.6. The van der Waals surface area contributed by atoms with Gasteiger partial charge in [0.1, 0.15) is 0 Å². The van der Waals surface area contributed by atoms with Crippen LogP contribution in [0.25, 0.3) is 0 Å². The average Bonchev–Trinajstić information content (AvgIpc) is 2.70. The molecule has 2 unspecified atom stereocenters. The molecule has 0 aromatic heterocycles. The molecule has 1 aliphatic carbocycles. The van der Waals surface area contributed by atoms with Gasteiger partial charge in [-0.25, -0.2) is 0 Å². The van der Waals surface area contributed by atoms with E-state index in [1.165, 1.54) is 11.3 Å². The van der Waals surface area contributed by atoms with Crippen LogP contribution in [0.1, 0.15) is 46.0 Å². The molecule has 2 atom stereocenters. The minimum atomic E-state index is -0.505. The molecular weight excluding hydrogens is 216 g/mol. The first kappa shape index (κ1) is 12.6. The predicted octanol–water partition coefficient (Wildman–Crippen LogP) is 1.29. The first-order chi connectivity index (χ1) is 7.92. The number of hydrogen-bond acceptors (Lipinski definition) is 3. The van der Waals surface area contributed by atoms with Gasteiger partial charge in [-0.2, -0.15) is 0 Å². The molecule has 1 saturated heterocycles. The minimum absolute atomic E-state index is 0.0194. The van der Waals surface area contributed by atoms with Gasteiger partial charge in [-0.3, -0.25) is 14.5 Å². The Morgan fingerprint density at radius 2 is 2.06 bits per heavy atom. The molecular formula is C13H22N2O2. The molecule has 2 amide bonds. The van der Waals surface area contributed by atoms with E-state index in [-0.39, 0.29) is 17.9 Å². The van der Waals surface area contributed by atoms with Crippen LogP contribution >= 0.6 is 0 Å². The number of carbonyl (C=O) groups is 2. The average molecular weight is 238 g/mol. The normalized spacial score (nSPS) is 32.5. The molecule has 17 heavy (non-hydrogen) atoms. The Labute approximate surface area is 103 Å². The fourth-order valence-electron chi connectivity index (χ4n) is 2.97. The van der Waals surface area contributed by atoms with Crippen molar-refractivity contribution < 1.29 is 9.59 Å². The van der Waals surface area contributed by atoms with Gasteiger partial charge >= 0.3 is 0 Å². The summed E-state index contributed by atoms with van der Waals surface area (Å²) in [6.45, 7) is 4.24. The molecule has 2 aliphatic rings. The van der Waals surface area contributed by atoms with Gasteiger partial charge in [0.15, 0.2) is 0 Å². The molecule has 4 heteroatoms. The standard InChI is InChI=1S/C13H22N2O2/c1-13(2)8-11(16)15(12(13)17)7-6-9-4-3-5-10(9)14/h9-10H,3-8,14H2,1-2H3. The smallest absolute Gasteiger partial charge is 0.235 e. The topological polar surface area (TPSA) is 63.4 Å². The van der Waals surface area contributed by atoms with Gasteiger partial charge in [-0.05, 0) is 25.2 Å². The summed E-state index contributed by atoms with van der Waals surface area (Å²) in [6, 6.07) is 0.260. The number of imide groups is 1. The van der Waals surface area contributed by atoms with Crippen LogP contribution in [-0.2, 0) is 9.59 Å². The molecule has 0 aromatic carbocycles. The van der Waals surface area contributed by atoms with E-state index in [4.69, 9.17) is 5.73 Å². The fraction of sp³-hybridized carbons (Fsp3) is 0.846. The van der Waals surface area contributed by atoms with Crippen LogP contribution in [0.15, 0.2) is 0 Å². The quantitative estimate of drug-likeness (QED) is 0.753. The molecule has 0 bridgehead atoms. The van der Waals surface area contributed by atoms with Gasteiger partial charge in [0, 0.05) is 19.0 Å². The Hall–Kier alpha value is -0.900. The van der Waals surface area contributed by atoms with Gasteiger partial charge in [-0.1, -0.05) is 20.3 Å². The lowest BCUT2D eigenvalue weighted by atomic mass is 9.92. The van der Waals surface area contributed by atoms with E-state index >= 15 is 0 Å². The van der Waals surface area contributed by atoms with Crippen molar-refractivity contribution in [1.29, 1.82) is 0 Å². The number of hydrogen-bond donors (Lipinski definition) is 1. The van der Waals surface area contributed by atoms with Crippen LogP contribution in [0.2, 0.25) is 0 Å². The van der Waals surface area contributed by atoms with Gasteiger partial charge < -0.3 is 5.73 Å². The zero-order valence-corrected chi connectivity index (χ0v) is 10.7. The van der Waals surface area contributed by atoms with E-state index in [0.29, 0.717) is 18.9 Å². The highest BCUT2D eigenvalue weighted by molar-refractivity contribution is 6.05. The Morgan fingerprint density at radius 1 is 1.35 bits per heavy atom. The molecule has 2 fully saturated rings. The molecule has 2 N–H and O–H groups in total. The van der Waals surface area contributed by atoms with E-state index in [9.17, 15) is 9.59 Å². The molecule has 1 saturated carbocycles. The lowest BCUT2D eigenvalue weighted by Crippen LogP contribution is -2.36. The van der Waals surface area contributed by atoms with Crippen molar-refractivity contribution in [2.75, 3.05) is 6.54 Å². The van der Waals surface area contributed by atoms with Crippen molar-refractivity contribution in [2.24, 2.45) is 17.1 Å². The third kappa shape index (κ3) is 2.37. The molecule has 96 valence electrons. The van der Waals surface area contributed by atoms with Crippen LogP contribution in [0.3, 0.4) is 0 Å². The van der Waals surface area contributed by atoms with E-state index in [1.54, 1.807) is 0 Å². The summed E-state index contributed by atoms with van der Waals surface area (Å²) in [5.41, 5.74) is 5.49. The van der Waals surface area contributed by atoms with Crippen molar-refractivity contribution in [1.82, 2.24) is 4.90 Å². The maximum Gasteiger partial charge on any atom is 0.235 e.